The van der Waals surface area contributed by atoms with Gasteiger partial charge in [0, 0.05) is 17.8 Å². The van der Waals surface area contributed by atoms with E-state index in [2.05, 4.69) is 0 Å². The molecule has 4 nitrogen and oxygen atoms in total. The lowest BCUT2D eigenvalue weighted by Gasteiger charge is -1.99. The first-order valence-electron chi connectivity index (χ1n) is 4.15. The molecule has 0 aromatic carbocycles. The van der Waals surface area contributed by atoms with Gasteiger partial charge in [0.15, 0.2) is 6.29 Å². The van der Waals surface area contributed by atoms with E-state index in [0.717, 1.165) is 24.8 Å². The third kappa shape index (κ3) is 1.06. The minimum absolute atomic E-state index is 0.231. The smallest absolute Gasteiger partial charge is 0.352 e. The van der Waals surface area contributed by atoms with Crippen molar-refractivity contribution in [2.45, 2.75) is 19.4 Å². The molecule has 0 amide bonds. The molecule has 0 fully saturated rings. The molecule has 13 heavy (non-hydrogen) atoms. The van der Waals surface area contributed by atoms with Crippen LogP contribution in [0.4, 0.5) is 0 Å². The summed E-state index contributed by atoms with van der Waals surface area (Å²) in [5.41, 5.74) is 1.62. The lowest BCUT2D eigenvalue weighted by atomic mass is 10.2. The van der Waals surface area contributed by atoms with E-state index >= 15 is 0 Å². The molecule has 68 valence electrons. The van der Waals surface area contributed by atoms with Crippen molar-refractivity contribution in [2.75, 3.05) is 0 Å². The number of carbonyl (C=O) groups is 2. The van der Waals surface area contributed by atoms with E-state index in [1.54, 1.807) is 4.57 Å². The Hall–Kier alpha value is -1.58. The Bertz CT molecular complexity index is 378. The van der Waals surface area contributed by atoms with Crippen molar-refractivity contribution in [3.8, 4) is 0 Å². The number of carbonyl (C=O) groups excluding carboxylic acids is 1. The number of nitrogens with zero attached hydrogens (tertiary/aromatic N) is 1. The van der Waals surface area contributed by atoms with Crippen LogP contribution in [0.1, 0.15) is 33.0 Å². The third-order valence-corrected chi connectivity index (χ3v) is 2.38. The Morgan fingerprint density at radius 3 is 3.00 bits per heavy atom. The van der Waals surface area contributed by atoms with E-state index in [0.29, 0.717) is 12.1 Å². The van der Waals surface area contributed by atoms with Gasteiger partial charge in [0.2, 0.25) is 0 Å². The summed E-state index contributed by atoms with van der Waals surface area (Å²) in [4.78, 5) is 21.3. The van der Waals surface area contributed by atoms with Gasteiger partial charge in [0.05, 0.1) is 0 Å². The summed E-state index contributed by atoms with van der Waals surface area (Å²) < 4.78 is 1.71. The van der Waals surface area contributed by atoms with E-state index in [4.69, 9.17) is 5.11 Å². The number of carboxylic acids is 1. The molecule has 2 rings (SSSR count). The Kier molecular flexibility index (Phi) is 1.69. The highest BCUT2D eigenvalue weighted by Crippen LogP contribution is 2.22. The number of aromatic carboxylic acids is 1. The Labute approximate surface area is 74.8 Å². The highest BCUT2D eigenvalue weighted by Gasteiger charge is 2.22. The Balaban J connectivity index is 2.60. The highest BCUT2D eigenvalue weighted by molar-refractivity contribution is 5.90. The molecule has 4 heteroatoms. The van der Waals surface area contributed by atoms with Crippen LogP contribution in [0.3, 0.4) is 0 Å². The number of aromatic nitrogens is 1. The molecule has 1 aromatic heterocycles. The summed E-state index contributed by atoms with van der Waals surface area (Å²) in [5, 5.41) is 8.82. The molecular formula is C9H9NO3. The quantitative estimate of drug-likeness (QED) is 0.687. The van der Waals surface area contributed by atoms with Crippen LogP contribution in [0.5, 0.6) is 0 Å². The highest BCUT2D eigenvalue weighted by atomic mass is 16.4. The maximum absolute atomic E-state index is 10.8. The summed E-state index contributed by atoms with van der Waals surface area (Å²) in [6, 6.07) is 1.45. The summed E-state index contributed by atoms with van der Waals surface area (Å²) in [6.45, 7) is 0.713. The standard InChI is InChI=1S/C9H9NO3/c11-5-6-4-8(9(12)13)10-3-1-2-7(6)10/h4-5H,1-3H2,(H,12,13). The van der Waals surface area contributed by atoms with Gasteiger partial charge in [-0.1, -0.05) is 0 Å². The van der Waals surface area contributed by atoms with Crippen molar-refractivity contribution in [1.82, 2.24) is 4.57 Å². The van der Waals surface area contributed by atoms with Crippen LogP contribution in [0.25, 0.3) is 0 Å². The van der Waals surface area contributed by atoms with E-state index in [1.807, 2.05) is 0 Å². The molecule has 0 bridgehead atoms. The van der Waals surface area contributed by atoms with Crippen LogP contribution in [0, 0.1) is 0 Å². The second-order valence-electron chi connectivity index (χ2n) is 3.11. The fourth-order valence-corrected chi connectivity index (χ4v) is 1.83. The van der Waals surface area contributed by atoms with Crippen LogP contribution in [-0.4, -0.2) is 21.9 Å². The summed E-state index contributed by atoms with van der Waals surface area (Å²) in [6.07, 6.45) is 2.46. The Morgan fingerprint density at radius 2 is 2.38 bits per heavy atom. The predicted octanol–water partition coefficient (Wildman–Crippen LogP) is 0.945. The van der Waals surface area contributed by atoms with E-state index in [-0.39, 0.29) is 5.69 Å². The van der Waals surface area contributed by atoms with Gasteiger partial charge in [-0.05, 0) is 18.9 Å². The minimum Gasteiger partial charge on any atom is -0.477 e. The molecule has 0 spiro atoms. The molecule has 0 unspecified atom stereocenters. The maximum atomic E-state index is 10.8. The average molecular weight is 179 g/mol. The molecule has 0 atom stereocenters. The van der Waals surface area contributed by atoms with Crippen LogP contribution in [0.2, 0.25) is 0 Å². The van der Waals surface area contributed by atoms with Crippen LogP contribution < -0.4 is 0 Å². The van der Waals surface area contributed by atoms with Crippen LogP contribution in [0.15, 0.2) is 6.07 Å². The van der Waals surface area contributed by atoms with Gasteiger partial charge in [-0.15, -0.1) is 0 Å². The zero-order valence-corrected chi connectivity index (χ0v) is 6.99. The zero-order valence-electron chi connectivity index (χ0n) is 6.99. The molecule has 1 aromatic rings. The van der Waals surface area contributed by atoms with Crippen molar-refractivity contribution in [3.63, 3.8) is 0 Å². The fourth-order valence-electron chi connectivity index (χ4n) is 1.83. The van der Waals surface area contributed by atoms with Crippen LogP contribution >= 0.6 is 0 Å². The van der Waals surface area contributed by atoms with Crippen LogP contribution in [-0.2, 0) is 13.0 Å². The number of aldehydes is 1. The first-order chi connectivity index (χ1) is 6.24. The topological polar surface area (TPSA) is 59.3 Å². The van der Waals surface area contributed by atoms with Crippen molar-refractivity contribution in [1.29, 1.82) is 0 Å². The van der Waals surface area contributed by atoms with Crippen molar-refractivity contribution < 1.29 is 14.7 Å². The van der Waals surface area contributed by atoms with Crippen molar-refractivity contribution >= 4 is 12.3 Å². The minimum atomic E-state index is -0.962. The second kappa shape index (κ2) is 2.73. The van der Waals surface area contributed by atoms with Gasteiger partial charge in [0.1, 0.15) is 5.69 Å². The molecule has 1 aliphatic rings. The Morgan fingerprint density at radius 1 is 1.62 bits per heavy atom. The molecule has 1 N–H and O–H groups in total. The number of hydrogen-bond donors (Lipinski definition) is 1. The maximum Gasteiger partial charge on any atom is 0.352 e. The number of hydrogen-bond acceptors (Lipinski definition) is 2. The molecule has 0 saturated heterocycles. The normalized spacial score (nSPS) is 14.2. The average Bonchev–Trinajstić information content (AvgIpc) is 2.61. The largest absolute Gasteiger partial charge is 0.477 e. The molecular weight excluding hydrogens is 170 g/mol. The summed E-state index contributed by atoms with van der Waals surface area (Å²) in [5.74, 6) is -0.962. The van der Waals surface area contributed by atoms with Crippen molar-refractivity contribution in [2.24, 2.45) is 0 Å². The molecule has 1 aliphatic heterocycles. The lowest BCUT2D eigenvalue weighted by Crippen LogP contribution is -2.05. The second-order valence-corrected chi connectivity index (χ2v) is 3.11. The third-order valence-electron chi connectivity index (χ3n) is 2.38. The van der Waals surface area contributed by atoms with Gasteiger partial charge < -0.3 is 9.67 Å². The van der Waals surface area contributed by atoms with Gasteiger partial charge in [-0.3, -0.25) is 4.79 Å². The molecule has 0 radical (unpaired) electrons. The SMILES string of the molecule is O=Cc1cc(C(=O)O)n2c1CCC2. The summed E-state index contributed by atoms with van der Waals surface area (Å²) in [7, 11) is 0. The van der Waals surface area contributed by atoms with Gasteiger partial charge in [-0.2, -0.15) is 0 Å². The zero-order chi connectivity index (χ0) is 9.42. The monoisotopic (exact) mass is 179 g/mol. The first-order valence-corrected chi connectivity index (χ1v) is 4.15. The van der Waals surface area contributed by atoms with Crippen molar-refractivity contribution in [3.05, 3.63) is 23.0 Å². The molecule has 2 heterocycles. The van der Waals surface area contributed by atoms with Gasteiger partial charge in [0.25, 0.3) is 0 Å². The lowest BCUT2D eigenvalue weighted by molar-refractivity contribution is 0.0685. The van der Waals surface area contributed by atoms with E-state index in [9.17, 15) is 9.59 Å². The summed E-state index contributed by atoms with van der Waals surface area (Å²) >= 11 is 0. The number of fused-ring (bicyclic) bond motifs is 1. The number of rotatable bonds is 2. The predicted molar refractivity (Wildman–Crippen MR) is 45.1 cm³/mol. The molecule has 0 aliphatic carbocycles. The van der Waals surface area contributed by atoms with Gasteiger partial charge >= 0.3 is 5.97 Å². The number of carboxylic acid groups (broad SMARTS) is 1. The molecule has 0 saturated carbocycles. The first kappa shape index (κ1) is 8.04. The fraction of sp³-hybridized carbons (Fsp3) is 0.333. The van der Waals surface area contributed by atoms with E-state index in [1.165, 1.54) is 6.07 Å². The van der Waals surface area contributed by atoms with E-state index < -0.39 is 5.97 Å². The van der Waals surface area contributed by atoms with Gasteiger partial charge in [-0.25, -0.2) is 4.79 Å².